The Kier molecular flexibility index (Phi) is 4.55. The van der Waals surface area contributed by atoms with Gasteiger partial charge in [-0.1, -0.05) is 6.42 Å². The number of rotatable bonds is 4. The summed E-state index contributed by atoms with van der Waals surface area (Å²) in [5.41, 5.74) is 0.249. The van der Waals surface area contributed by atoms with Crippen molar-refractivity contribution in [1.82, 2.24) is 20.1 Å². The number of nitrogens with one attached hydrogen (secondary N) is 1. The lowest BCUT2D eigenvalue weighted by Gasteiger charge is -2.09. The number of carbonyl (C=O) groups is 1. The van der Waals surface area contributed by atoms with Crippen molar-refractivity contribution >= 4 is 5.91 Å². The van der Waals surface area contributed by atoms with Gasteiger partial charge in [-0.15, -0.1) is 10.2 Å². The van der Waals surface area contributed by atoms with E-state index in [0.717, 1.165) is 37.5 Å². The fourth-order valence-corrected chi connectivity index (χ4v) is 2.75. The zero-order valence-corrected chi connectivity index (χ0v) is 13.0. The van der Waals surface area contributed by atoms with Gasteiger partial charge in [-0.05, 0) is 31.0 Å². The Labute approximate surface area is 133 Å². The second-order valence-electron chi connectivity index (χ2n) is 5.53. The monoisotopic (exact) mass is 318 g/mol. The van der Waals surface area contributed by atoms with Gasteiger partial charge >= 0.3 is 0 Å². The van der Waals surface area contributed by atoms with E-state index < -0.39 is 5.82 Å². The fourth-order valence-electron chi connectivity index (χ4n) is 2.75. The number of amides is 1. The van der Waals surface area contributed by atoms with Crippen molar-refractivity contribution in [3.8, 4) is 5.75 Å². The SMILES string of the molecule is COc1ccc(C(=O)NCc2nnc3n2CCCCC3)cc1F. The predicted molar refractivity (Wildman–Crippen MR) is 81.7 cm³/mol. The molecule has 0 aliphatic carbocycles. The van der Waals surface area contributed by atoms with Crippen LogP contribution in [-0.4, -0.2) is 27.8 Å². The first-order chi connectivity index (χ1) is 11.2. The zero-order chi connectivity index (χ0) is 16.2. The Hall–Kier alpha value is -2.44. The molecule has 1 aliphatic rings. The molecular formula is C16H19FN4O2. The molecule has 6 nitrogen and oxygen atoms in total. The van der Waals surface area contributed by atoms with Crippen molar-refractivity contribution in [2.75, 3.05) is 7.11 Å². The van der Waals surface area contributed by atoms with Crippen LogP contribution in [0.15, 0.2) is 18.2 Å². The number of aryl methyl sites for hydroxylation is 1. The number of nitrogens with zero attached hydrogens (tertiary/aromatic N) is 3. The summed E-state index contributed by atoms with van der Waals surface area (Å²) in [4.78, 5) is 12.2. The van der Waals surface area contributed by atoms with Crippen LogP contribution in [0, 0.1) is 5.82 Å². The van der Waals surface area contributed by atoms with E-state index in [2.05, 4.69) is 20.1 Å². The summed E-state index contributed by atoms with van der Waals surface area (Å²) in [5, 5.41) is 11.1. The van der Waals surface area contributed by atoms with Crippen molar-refractivity contribution < 1.29 is 13.9 Å². The molecule has 1 N–H and O–H groups in total. The van der Waals surface area contributed by atoms with E-state index in [1.54, 1.807) is 0 Å². The summed E-state index contributed by atoms with van der Waals surface area (Å²) < 4.78 is 20.6. The summed E-state index contributed by atoms with van der Waals surface area (Å²) >= 11 is 0. The van der Waals surface area contributed by atoms with E-state index in [-0.39, 0.29) is 23.8 Å². The highest BCUT2D eigenvalue weighted by atomic mass is 19.1. The van der Waals surface area contributed by atoms with Gasteiger partial charge in [0.15, 0.2) is 17.4 Å². The van der Waals surface area contributed by atoms with Crippen molar-refractivity contribution in [3.05, 3.63) is 41.2 Å². The van der Waals surface area contributed by atoms with Gasteiger partial charge in [0.25, 0.3) is 5.91 Å². The van der Waals surface area contributed by atoms with Crippen LogP contribution >= 0.6 is 0 Å². The standard InChI is InChI=1S/C16H19FN4O2/c1-23-13-7-6-11(9-12(13)17)16(22)18-10-15-20-19-14-5-3-2-4-8-21(14)15/h6-7,9H,2-5,8,10H2,1H3,(H,18,22). The Balaban J connectivity index is 1.67. The van der Waals surface area contributed by atoms with E-state index in [1.165, 1.54) is 31.7 Å². The van der Waals surface area contributed by atoms with Gasteiger partial charge < -0.3 is 14.6 Å². The lowest BCUT2D eigenvalue weighted by molar-refractivity contribution is 0.0949. The van der Waals surface area contributed by atoms with Crippen molar-refractivity contribution in [3.63, 3.8) is 0 Å². The Morgan fingerprint density at radius 3 is 3.00 bits per heavy atom. The third-order valence-corrected chi connectivity index (χ3v) is 4.01. The van der Waals surface area contributed by atoms with Crippen LogP contribution in [0.25, 0.3) is 0 Å². The van der Waals surface area contributed by atoms with Crippen LogP contribution < -0.4 is 10.1 Å². The Morgan fingerprint density at radius 2 is 2.22 bits per heavy atom. The minimum Gasteiger partial charge on any atom is -0.494 e. The first-order valence-corrected chi connectivity index (χ1v) is 7.71. The zero-order valence-electron chi connectivity index (χ0n) is 13.0. The average molecular weight is 318 g/mol. The molecule has 0 fully saturated rings. The van der Waals surface area contributed by atoms with Crippen LogP contribution in [0.4, 0.5) is 4.39 Å². The molecular weight excluding hydrogens is 299 g/mol. The normalized spacial score (nSPS) is 14.0. The molecule has 2 aromatic rings. The number of hydrogen-bond acceptors (Lipinski definition) is 4. The lowest BCUT2D eigenvalue weighted by Crippen LogP contribution is -2.25. The molecule has 1 aromatic carbocycles. The van der Waals surface area contributed by atoms with Crippen molar-refractivity contribution in [2.45, 2.75) is 38.8 Å². The van der Waals surface area contributed by atoms with E-state index in [1.807, 2.05) is 0 Å². The maximum absolute atomic E-state index is 13.7. The molecule has 1 amide bonds. The first-order valence-electron chi connectivity index (χ1n) is 7.71. The van der Waals surface area contributed by atoms with Crippen molar-refractivity contribution in [2.24, 2.45) is 0 Å². The second-order valence-corrected chi connectivity index (χ2v) is 5.53. The van der Waals surface area contributed by atoms with E-state index in [4.69, 9.17) is 4.74 Å². The summed E-state index contributed by atoms with van der Waals surface area (Å²) in [5.74, 6) is 0.921. The summed E-state index contributed by atoms with van der Waals surface area (Å²) in [7, 11) is 1.38. The number of hydrogen-bond donors (Lipinski definition) is 1. The van der Waals surface area contributed by atoms with Gasteiger partial charge in [0, 0.05) is 18.5 Å². The molecule has 7 heteroatoms. The number of methoxy groups -OCH3 is 1. The third-order valence-electron chi connectivity index (χ3n) is 4.01. The lowest BCUT2D eigenvalue weighted by atomic mass is 10.2. The fraction of sp³-hybridized carbons (Fsp3) is 0.438. The first kappa shape index (κ1) is 15.5. The molecule has 0 bridgehead atoms. The predicted octanol–water partition coefficient (Wildman–Crippen LogP) is 2.08. The number of carbonyl (C=O) groups excluding carboxylic acids is 1. The average Bonchev–Trinajstić information content (AvgIpc) is 2.79. The van der Waals surface area contributed by atoms with E-state index in [9.17, 15) is 9.18 Å². The Morgan fingerprint density at radius 1 is 1.35 bits per heavy atom. The molecule has 2 heterocycles. The Bertz CT molecular complexity index is 714. The molecule has 0 saturated heterocycles. The summed E-state index contributed by atoms with van der Waals surface area (Å²) in [6.45, 7) is 1.16. The third kappa shape index (κ3) is 3.33. The molecule has 122 valence electrons. The largest absolute Gasteiger partial charge is 0.494 e. The van der Waals surface area contributed by atoms with Gasteiger partial charge in [0.1, 0.15) is 5.82 Å². The van der Waals surface area contributed by atoms with Gasteiger partial charge in [0.05, 0.1) is 13.7 Å². The van der Waals surface area contributed by atoms with Gasteiger partial charge in [-0.2, -0.15) is 0 Å². The highest BCUT2D eigenvalue weighted by Crippen LogP contribution is 2.18. The number of aromatic nitrogens is 3. The minimum atomic E-state index is -0.559. The minimum absolute atomic E-state index is 0.115. The van der Waals surface area contributed by atoms with E-state index >= 15 is 0 Å². The van der Waals surface area contributed by atoms with E-state index in [0.29, 0.717) is 0 Å². The number of fused-ring (bicyclic) bond motifs is 1. The molecule has 0 spiro atoms. The quantitative estimate of drug-likeness (QED) is 0.937. The van der Waals surface area contributed by atoms with Crippen LogP contribution in [0.2, 0.25) is 0 Å². The van der Waals surface area contributed by atoms with Crippen LogP contribution in [0.1, 0.15) is 41.3 Å². The molecule has 23 heavy (non-hydrogen) atoms. The number of benzene rings is 1. The van der Waals surface area contributed by atoms with Gasteiger partial charge in [-0.25, -0.2) is 4.39 Å². The topological polar surface area (TPSA) is 69.0 Å². The number of ether oxygens (including phenoxy) is 1. The molecule has 1 aromatic heterocycles. The van der Waals surface area contributed by atoms with Crippen LogP contribution in [0.3, 0.4) is 0 Å². The van der Waals surface area contributed by atoms with Crippen LogP contribution in [-0.2, 0) is 19.5 Å². The molecule has 0 radical (unpaired) electrons. The van der Waals surface area contributed by atoms with Crippen LogP contribution in [0.5, 0.6) is 5.75 Å². The molecule has 0 unspecified atom stereocenters. The maximum atomic E-state index is 13.7. The molecule has 0 saturated carbocycles. The number of halogens is 1. The second kappa shape index (κ2) is 6.76. The molecule has 0 atom stereocenters. The molecule has 1 aliphatic heterocycles. The summed E-state index contributed by atoms with van der Waals surface area (Å²) in [6, 6.07) is 4.13. The highest BCUT2D eigenvalue weighted by Gasteiger charge is 2.16. The maximum Gasteiger partial charge on any atom is 0.251 e. The van der Waals surface area contributed by atoms with Gasteiger partial charge in [0.2, 0.25) is 0 Å². The molecule has 3 rings (SSSR count). The highest BCUT2D eigenvalue weighted by molar-refractivity contribution is 5.94. The smallest absolute Gasteiger partial charge is 0.251 e. The summed E-state index contributed by atoms with van der Waals surface area (Å²) in [6.07, 6.45) is 4.32. The van der Waals surface area contributed by atoms with Gasteiger partial charge in [-0.3, -0.25) is 4.79 Å². The van der Waals surface area contributed by atoms with Crippen molar-refractivity contribution in [1.29, 1.82) is 0 Å².